The van der Waals surface area contributed by atoms with Crippen molar-refractivity contribution in [2.45, 2.75) is 25.8 Å². The SMILES string of the molecule is CCNC(=NCCCN(C)C)NC1CCN(c2ccccc2)C1.I. The van der Waals surface area contributed by atoms with Gasteiger partial charge < -0.3 is 20.4 Å². The third-order valence-corrected chi connectivity index (χ3v) is 4.03. The molecule has 2 N–H and O–H groups in total. The number of halogens is 1. The van der Waals surface area contributed by atoms with E-state index >= 15 is 0 Å². The molecule has 1 heterocycles. The van der Waals surface area contributed by atoms with Gasteiger partial charge >= 0.3 is 0 Å². The number of benzene rings is 1. The van der Waals surface area contributed by atoms with Crippen LogP contribution in [0.2, 0.25) is 0 Å². The fraction of sp³-hybridized carbons (Fsp3) is 0.611. The molecule has 1 fully saturated rings. The smallest absolute Gasteiger partial charge is 0.191 e. The lowest BCUT2D eigenvalue weighted by Gasteiger charge is -2.20. The third kappa shape index (κ3) is 7.25. The van der Waals surface area contributed by atoms with Gasteiger partial charge in [0.2, 0.25) is 0 Å². The average molecular weight is 445 g/mol. The minimum Gasteiger partial charge on any atom is -0.369 e. The average Bonchev–Trinajstić information content (AvgIpc) is 3.01. The Balaban J connectivity index is 0.00000288. The zero-order valence-corrected chi connectivity index (χ0v) is 17.5. The summed E-state index contributed by atoms with van der Waals surface area (Å²) in [7, 11) is 4.20. The Kier molecular flexibility index (Phi) is 10.1. The van der Waals surface area contributed by atoms with Crippen LogP contribution in [0.3, 0.4) is 0 Å². The zero-order valence-electron chi connectivity index (χ0n) is 15.2. The number of para-hydroxylation sites is 1. The molecular weight excluding hydrogens is 413 g/mol. The van der Waals surface area contributed by atoms with Crippen LogP contribution >= 0.6 is 24.0 Å². The number of rotatable bonds is 7. The van der Waals surface area contributed by atoms with E-state index in [1.807, 2.05) is 0 Å². The van der Waals surface area contributed by atoms with Crippen LogP contribution in [0.15, 0.2) is 35.3 Å². The molecule has 0 aliphatic carbocycles. The molecule has 0 amide bonds. The monoisotopic (exact) mass is 445 g/mol. The van der Waals surface area contributed by atoms with Crippen molar-refractivity contribution in [3.63, 3.8) is 0 Å². The maximum Gasteiger partial charge on any atom is 0.191 e. The molecule has 1 saturated heterocycles. The highest BCUT2D eigenvalue weighted by Gasteiger charge is 2.23. The van der Waals surface area contributed by atoms with Crippen LogP contribution in [0, 0.1) is 0 Å². The van der Waals surface area contributed by atoms with Gasteiger partial charge in [0, 0.05) is 37.9 Å². The first-order chi connectivity index (χ1) is 11.2. The fourth-order valence-corrected chi connectivity index (χ4v) is 2.84. The van der Waals surface area contributed by atoms with Crippen molar-refractivity contribution in [2.75, 3.05) is 51.7 Å². The lowest BCUT2D eigenvalue weighted by Crippen LogP contribution is -2.44. The summed E-state index contributed by atoms with van der Waals surface area (Å²) in [4.78, 5) is 9.33. The second-order valence-corrected chi connectivity index (χ2v) is 6.33. The highest BCUT2D eigenvalue weighted by molar-refractivity contribution is 14.0. The number of hydrogen-bond donors (Lipinski definition) is 2. The van der Waals surface area contributed by atoms with Crippen LogP contribution in [0.4, 0.5) is 5.69 Å². The molecule has 0 saturated carbocycles. The molecule has 6 heteroatoms. The summed E-state index contributed by atoms with van der Waals surface area (Å²) < 4.78 is 0. The summed E-state index contributed by atoms with van der Waals surface area (Å²) in [5.41, 5.74) is 1.31. The van der Waals surface area contributed by atoms with Gasteiger partial charge in [-0.05, 0) is 52.5 Å². The summed E-state index contributed by atoms with van der Waals surface area (Å²) in [6.07, 6.45) is 2.24. The zero-order chi connectivity index (χ0) is 16.5. The van der Waals surface area contributed by atoms with Gasteiger partial charge in [0.15, 0.2) is 5.96 Å². The standard InChI is InChI=1S/C18H31N5.HI/c1-4-19-18(20-12-8-13-22(2)3)21-16-11-14-23(15-16)17-9-6-5-7-10-17;/h5-7,9-10,16H,4,8,11-15H2,1-3H3,(H2,19,20,21);1H. The van der Waals surface area contributed by atoms with Crippen molar-refractivity contribution in [1.82, 2.24) is 15.5 Å². The molecule has 1 atom stereocenters. The van der Waals surface area contributed by atoms with Crippen LogP contribution in [0.25, 0.3) is 0 Å². The highest BCUT2D eigenvalue weighted by atomic mass is 127. The Morgan fingerprint density at radius 1 is 1.29 bits per heavy atom. The van der Waals surface area contributed by atoms with E-state index in [2.05, 4.69) is 71.8 Å². The normalized spacial score (nSPS) is 17.8. The topological polar surface area (TPSA) is 42.9 Å². The summed E-state index contributed by atoms with van der Waals surface area (Å²) in [6, 6.07) is 11.1. The van der Waals surface area contributed by atoms with Gasteiger partial charge in [0.05, 0.1) is 0 Å². The number of nitrogens with one attached hydrogen (secondary N) is 2. The maximum atomic E-state index is 4.70. The van der Waals surface area contributed by atoms with Crippen molar-refractivity contribution >= 4 is 35.6 Å². The Bertz CT molecular complexity index is 478. The van der Waals surface area contributed by atoms with E-state index in [1.165, 1.54) is 5.69 Å². The van der Waals surface area contributed by atoms with Crippen molar-refractivity contribution in [3.8, 4) is 0 Å². The van der Waals surface area contributed by atoms with E-state index in [4.69, 9.17) is 4.99 Å². The second kappa shape index (κ2) is 11.5. The van der Waals surface area contributed by atoms with Crippen LogP contribution in [-0.2, 0) is 0 Å². The first-order valence-electron chi connectivity index (χ1n) is 8.68. The summed E-state index contributed by atoms with van der Waals surface area (Å²) in [6.45, 7) is 7.08. The minimum atomic E-state index is 0. The van der Waals surface area contributed by atoms with Gasteiger partial charge in [-0.2, -0.15) is 0 Å². The molecule has 1 unspecified atom stereocenters. The molecule has 0 bridgehead atoms. The van der Waals surface area contributed by atoms with Crippen molar-refractivity contribution in [2.24, 2.45) is 4.99 Å². The van der Waals surface area contributed by atoms with Gasteiger partial charge in [-0.15, -0.1) is 24.0 Å². The molecule has 1 aliphatic heterocycles. The number of guanidine groups is 1. The van der Waals surface area contributed by atoms with Gasteiger partial charge in [0.25, 0.3) is 0 Å². The Morgan fingerprint density at radius 3 is 2.71 bits per heavy atom. The van der Waals surface area contributed by atoms with Gasteiger partial charge in [-0.1, -0.05) is 18.2 Å². The molecular formula is C18H32IN5. The van der Waals surface area contributed by atoms with E-state index in [1.54, 1.807) is 0 Å². The number of nitrogens with zero attached hydrogens (tertiary/aromatic N) is 3. The summed E-state index contributed by atoms with van der Waals surface area (Å²) in [5, 5.41) is 6.95. The number of hydrogen-bond acceptors (Lipinski definition) is 3. The predicted octanol–water partition coefficient (Wildman–Crippen LogP) is 2.39. The van der Waals surface area contributed by atoms with Crippen molar-refractivity contribution in [3.05, 3.63) is 30.3 Å². The highest BCUT2D eigenvalue weighted by Crippen LogP contribution is 2.19. The van der Waals surface area contributed by atoms with Gasteiger partial charge in [-0.3, -0.25) is 4.99 Å². The van der Waals surface area contributed by atoms with E-state index in [0.717, 1.165) is 51.5 Å². The Morgan fingerprint density at radius 2 is 2.04 bits per heavy atom. The second-order valence-electron chi connectivity index (χ2n) is 6.33. The summed E-state index contributed by atoms with van der Waals surface area (Å²) in [5.74, 6) is 0.950. The first-order valence-corrected chi connectivity index (χ1v) is 8.68. The van der Waals surface area contributed by atoms with Gasteiger partial charge in [0.1, 0.15) is 0 Å². The molecule has 1 aromatic rings. The van der Waals surface area contributed by atoms with Crippen LogP contribution < -0.4 is 15.5 Å². The molecule has 136 valence electrons. The van der Waals surface area contributed by atoms with Crippen LogP contribution in [0.5, 0.6) is 0 Å². The fourth-order valence-electron chi connectivity index (χ4n) is 2.84. The first kappa shape index (κ1) is 21.0. The lowest BCUT2D eigenvalue weighted by molar-refractivity contribution is 0.403. The Hall–Kier alpha value is -1.02. The Labute approximate surface area is 163 Å². The van der Waals surface area contributed by atoms with E-state index in [-0.39, 0.29) is 24.0 Å². The third-order valence-electron chi connectivity index (χ3n) is 4.03. The van der Waals surface area contributed by atoms with E-state index in [0.29, 0.717) is 6.04 Å². The minimum absolute atomic E-state index is 0. The largest absolute Gasteiger partial charge is 0.369 e. The van der Waals surface area contributed by atoms with Crippen LogP contribution in [-0.4, -0.2) is 63.7 Å². The maximum absolute atomic E-state index is 4.70. The molecule has 1 aliphatic rings. The van der Waals surface area contributed by atoms with E-state index < -0.39 is 0 Å². The van der Waals surface area contributed by atoms with Crippen LogP contribution in [0.1, 0.15) is 19.8 Å². The number of aliphatic imine (C=N–C) groups is 1. The summed E-state index contributed by atoms with van der Waals surface area (Å²) >= 11 is 0. The predicted molar refractivity (Wildman–Crippen MR) is 115 cm³/mol. The quantitative estimate of drug-likeness (QED) is 0.293. The van der Waals surface area contributed by atoms with E-state index in [9.17, 15) is 0 Å². The molecule has 0 spiro atoms. The molecule has 24 heavy (non-hydrogen) atoms. The molecule has 0 radical (unpaired) electrons. The molecule has 1 aromatic carbocycles. The van der Waals surface area contributed by atoms with Crippen molar-refractivity contribution < 1.29 is 0 Å². The molecule has 5 nitrogen and oxygen atoms in total. The number of anilines is 1. The molecule has 0 aromatic heterocycles. The lowest BCUT2D eigenvalue weighted by atomic mass is 10.3. The van der Waals surface area contributed by atoms with Gasteiger partial charge in [-0.25, -0.2) is 0 Å². The van der Waals surface area contributed by atoms with Crippen molar-refractivity contribution in [1.29, 1.82) is 0 Å². The molecule has 2 rings (SSSR count).